The van der Waals surface area contributed by atoms with Gasteiger partial charge in [0.15, 0.2) is 5.82 Å². The van der Waals surface area contributed by atoms with Gasteiger partial charge in [0.25, 0.3) is 0 Å². The number of methoxy groups -OCH3 is 1. The number of anilines is 1. The minimum Gasteiger partial charge on any atom is -0.370 e. The molecule has 2 rings (SSSR count). The molecule has 1 aliphatic carbocycles. The monoisotopic (exact) mass is 355 g/mol. The van der Waals surface area contributed by atoms with Crippen molar-refractivity contribution in [3.05, 3.63) is 16.0 Å². The summed E-state index contributed by atoms with van der Waals surface area (Å²) in [5.74, 6) is 2.48. The molecule has 21 heavy (non-hydrogen) atoms. The van der Waals surface area contributed by atoms with Crippen molar-refractivity contribution in [1.82, 2.24) is 9.97 Å². The van der Waals surface area contributed by atoms with Crippen molar-refractivity contribution in [2.24, 2.45) is 5.92 Å². The summed E-state index contributed by atoms with van der Waals surface area (Å²) in [4.78, 5) is 9.48. The van der Waals surface area contributed by atoms with Crippen molar-refractivity contribution in [2.75, 3.05) is 19.0 Å². The third-order valence-electron chi connectivity index (χ3n) is 4.44. The first kappa shape index (κ1) is 16.7. The van der Waals surface area contributed by atoms with Crippen LogP contribution in [-0.2, 0) is 10.3 Å². The molecule has 1 fully saturated rings. The van der Waals surface area contributed by atoms with E-state index in [0.29, 0.717) is 0 Å². The first-order valence-corrected chi connectivity index (χ1v) is 8.65. The van der Waals surface area contributed by atoms with Gasteiger partial charge in [-0.25, -0.2) is 9.97 Å². The zero-order chi connectivity index (χ0) is 15.5. The van der Waals surface area contributed by atoms with Gasteiger partial charge in [0.2, 0.25) is 0 Å². The summed E-state index contributed by atoms with van der Waals surface area (Å²) >= 11 is 3.59. The highest BCUT2D eigenvalue weighted by molar-refractivity contribution is 9.10. The van der Waals surface area contributed by atoms with E-state index < -0.39 is 0 Å². The van der Waals surface area contributed by atoms with Crippen LogP contribution in [0, 0.1) is 12.8 Å². The van der Waals surface area contributed by atoms with Crippen LogP contribution >= 0.6 is 15.9 Å². The molecule has 0 unspecified atom stereocenters. The number of aryl methyl sites for hydroxylation is 1. The molecule has 1 aliphatic rings. The first-order valence-electron chi connectivity index (χ1n) is 7.86. The molecule has 0 aromatic carbocycles. The van der Waals surface area contributed by atoms with Crippen LogP contribution < -0.4 is 5.32 Å². The van der Waals surface area contributed by atoms with Gasteiger partial charge in [-0.15, -0.1) is 0 Å². The SMILES string of the molecule is CCCNc1nc(C2(OC)CCC(C)CC2)nc(C)c1Br. The van der Waals surface area contributed by atoms with Crippen molar-refractivity contribution >= 4 is 21.7 Å². The summed E-state index contributed by atoms with van der Waals surface area (Å²) in [6.07, 6.45) is 5.41. The Morgan fingerprint density at radius 3 is 2.57 bits per heavy atom. The van der Waals surface area contributed by atoms with Gasteiger partial charge in [-0.05, 0) is 60.9 Å². The van der Waals surface area contributed by atoms with Crippen LogP contribution in [0.5, 0.6) is 0 Å². The second kappa shape index (κ2) is 7.05. The summed E-state index contributed by atoms with van der Waals surface area (Å²) in [5.41, 5.74) is 0.648. The van der Waals surface area contributed by atoms with E-state index in [4.69, 9.17) is 14.7 Å². The fourth-order valence-electron chi connectivity index (χ4n) is 2.87. The highest BCUT2D eigenvalue weighted by Gasteiger charge is 2.39. The number of hydrogen-bond donors (Lipinski definition) is 1. The molecule has 4 nitrogen and oxygen atoms in total. The zero-order valence-electron chi connectivity index (χ0n) is 13.5. The van der Waals surface area contributed by atoms with Crippen LogP contribution in [0.2, 0.25) is 0 Å². The van der Waals surface area contributed by atoms with E-state index in [1.807, 2.05) is 6.92 Å². The van der Waals surface area contributed by atoms with Gasteiger partial charge in [0.05, 0.1) is 10.2 Å². The number of aromatic nitrogens is 2. The van der Waals surface area contributed by atoms with Gasteiger partial charge in [0.1, 0.15) is 11.4 Å². The van der Waals surface area contributed by atoms with E-state index >= 15 is 0 Å². The average Bonchev–Trinajstić information content (AvgIpc) is 2.50. The maximum absolute atomic E-state index is 5.90. The third-order valence-corrected chi connectivity index (χ3v) is 5.39. The summed E-state index contributed by atoms with van der Waals surface area (Å²) in [6, 6.07) is 0. The maximum Gasteiger partial charge on any atom is 0.162 e. The Hall–Kier alpha value is -0.680. The molecule has 0 saturated heterocycles. The molecule has 5 heteroatoms. The average molecular weight is 356 g/mol. The second-order valence-electron chi connectivity index (χ2n) is 6.10. The lowest BCUT2D eigenvalue weighted by molar-refractivity contribution is -0.0597. The van der Waals surface area contributed by atoms with E-state index in [1.54, 1.807) is 7.11 Å². The van der Waals surface area contributed by atoms with Crippen molar-refractivity contribution < 1.29 is 4.74 Å². The molecule has 1 N–H and O–H groups in total. The highest BCUT2D eigenvalue weighted by Crippen LogP contribution is 2.41. The van der Waals surface area contributed by atoms with Gasteiger partial charge >= 0.3 is 0 Å². The summed E-state index contributed by atoms with van der Waals surface area (Å²) in [6.45, 7) is 7.38. The Kier molecular flexibility index (Phi) is 5.60. The van der Waals surface area contributed by atoms with Crippen molar-refractivity contribution in [1.29, 1.82) is 0 Å². The minimum absolute atomic E-state index is 0.319. The largest absolute Gasteiger partial charge is 0.370 e. The standard InChI is InChI=1S/C16H26BrN3O/c1-5-10-18-14-13(17)12(3)19-15(20-14)16(21-4)8-6-11(2)7-9-16/h11H,5-10H2,1-4H3,(H,18,19,20). The predicted octanol–water partition coefficient (Wildman–Crippen LogP) is 4.42. The smallest absolute Gasteiger partial charge is 0.162 e. The van der Waals surface area contributed by atoms with Crippen LogP contribution in [-0.4, -0.2) is 23.6 Å². The number of hydrogen-bond acceptors (Lipinski definition) is 4. The lowest BCUT2D eigenvalue weighted by Crippen LogP contribution is -2.35. The molecule has 0 radical (unpaired) electrons. The fourth-order valence-corrected chi connectivity index (χ4v) is 3.19. The fraction of sp³-hybridized carbons (Fsp3) is 0.750. The van der Waals surface area contributed by atoms with Crippen molar-refractivity contribution in [3.63, 3.8) is 0 Å². The maximum atomic E-state index is 5.90. The van der Waals surface area contributed by atoms with E-state index in [0.717, 1.165) is 53.5 Å². The lowest BCUT2D eigenvalue weighted by Gasteiger charge is -2.37. The van der Waals surface area contributed by atoms with Crippen molar-refractivity contribution in [3.8, 4) is 0 Å². The Morgan fingerprint density at radius 1 is 1.33 bits per heavy atom. The van der Waals surface area contributed by atoms with Crippen LogP contribution in [0.15, 0.2) is 4.47 Å². The number of nitrogens with zero attached hydrogens (tertiary/aromatic N) is 2. The quantitative estimate of drug-likeness (QED) is 0.848. The normalized spacial score (nSPS) is 25.9. The first-order chi connectivity index (χ1) is 10.0. The molecular formula is C16H26BrN3O. The molecule has 1 aromatic rings. The highest BCUT2D eigenvalue weighted by atomic mass is 79.9. The summed E-state index contributed by atoms with van der Waals surface area (Å²) < 4.78 is 6.85. The predicted molar refractivity (Wildman–Crippen MR) is 89.6 cm³/mol. The number of nitrogens with one attached hydrogen (secondary N) is 1. The number of rotatable bonds is 5. The number of halogens is 1. The lowest BCUT2D eigenvalue weighted by atomic mass is 9.79. The van der Waals surface area contributed by atoms with Crippen LogP contribution in [0.25, 0.3) is 0 Å². The van der Waals surface area contributed by atoms with Crippen LogP contribution in [0.3, 0.4) is 0 Å². The molecule has 0 aliphatic heterocycles. The molecule has 0 amide bonds. The Morgan fingerprint density at radius 2 is 2.00 bits per heavy atom. The molecule has 1 heterocycles. The van der Waals surface area contributed by atoms with E-state index in [9.17, 15) is 0 Å². The molecule has 118 valence electrons. The molecule has 0 spiro atoms. The van der Waals surface area contributed by atoms with Crippen LogP contribution in [0.1, 0.15) is 57.5 Å². The van der Waals surface area contributed by atoms with E-state index in [2.05, 4.69) is 35.1 Å². The Labute approximate surface area is 136 Å². The zero-order valence-corrected chi connectivity index (χ0v) is 15.1. The van der Waals surface area contributed by atoms with Crippen LogP contribution in [0.4, 0.5) is 5.82 Å². The van der Waals surface area contributed by atoms with E-state index in [1.165, 1.54) is 12.8 Å². The van der Waals surface area contributed by atoms with E-state index in [-0.39, 0.29) is 5.60 Å². The third kappa shape index (κ3) is 3.57. The summed E-state index contributed by atoms with van der Waals surface area (Å²) in [5, 5.41) is 3.38. The Bertz CT molecular complexity index is 485. The van der Waals surface area contributed by atoms with Gasteiger partial charge < -0.3 is 10.1 Å². The Balaban J connectivity index is 2.35. The van der Waals surface area contributed by atoms with Gasteiger partial charge in [0, 0.05) is 13.7 Å². The van der Waals surface area contributed by atoms with Gasteiger partial charge in [-0.2, -0.15) is 0 Å². The van der Waals surface area contributed by atoms with Gasteiger partial charge in [-0.1, -0.05) is 13.8 Å². The second-order valence-corrected chi connectivity index (χ2v) is 6.90. The molecular weight excluding hydrogens is 330 g/mol. The number of ether oxygens (including phenoxy) is 1. The molecule has 1 aromatic heterocycles. The van der Waals surface area contributed by atoms with Gasteiger partial charge in [-0.3, -0.25) is 0 Å². The van der Waals surface area contributed by atoms with Crippen molar-refractivity contribution in [2.45, 2.75) is 58.5 Å². The molecule has 1 saturated carbocycles. The summed E-state index contributed by atoms with van der Waals surface area (Å²) in [7, 11) is 1.79. The minimum atomic E-state index is -0.319. The molecule has 0 bridgehead atoms. The topological polar surface area (TPSA) is 47.0 Å². The molecule has 0 atom stereocenters.